The van der Waals surface area contributed by atoms with Crippen molar-refractivity contribution in [1.29, 1.82) is 0 Å². The predicted molar refractivity (Wildman–Crippen MR) is 74.3 cm³/mol. The fourth-order valence-corrected chi connectivity index (χ4v) is 2.52. The van der Waals surface area contributed by atoms with Crippen molar-refractivity contribution in [1.82, 2.24) is 24.6 Å². The molecule has 8 heteroatoms. The van der Waals surface area contributed by atoms with Crippen LogP contribution in [0.1, 0.15) is 47.3 Å². The summed E-state index contributed by atoms with van der Waals surface area (Å²) < 4.78 is 28.4. The number of alkyl halides is 2. The van der Waals surface area contributed by atoms with Crippen molar-refractivity contribution < 1.29 is 13.6 Å². The lowest BCUT2D eigenvalue weighted by Gasteiger charge is -2.18. The van der Waals surface area contributed by atoms with Crippen molar-refractivity contribution in [3.05, 3.63) is 35.7 Å². The Hall–Kier alpha value is -2.25. The number of carbonyl (C=O) groups excluding carboxylic acids is 1. The molecule has 1 fully saturated rings. The van der Waals surface area contributed by atoms with Crippen LogP contribution in [0.4, 0.5) is 8.78 Å². The molecular weight excluding hydrogens is 292 g/mol. The number of imidazole rings is 1. The van der Waals surface area contributed by atoms with Gasteiger partial charge in [0.1, 0.15) is 17.2 Å². The average molecular weight is 309 g/mol. The Morgan fingerprint density at radius 2 is 2.14 bits per heavy atom. The van der Waals surface area contributed by atoms with E-state index in [-0.39, 0.29) is 11.7 Å². The van der Waals surface area contributed by atoms with Gasteiger partial charge in [-0.05, 0) is 24.8 Å². The van der Waals surface area contributed by atoms with Gasteiger partial charge >= 0.3 is 0 Å². The van der Waals surface area contributed by atoms with E-state index >= 15 is 0 Å². The summed E-state index contributed by atoms with van der Waals surface area (Å²) in [4.78, 5) is 16.7. The lowest BCUT2D eigenvalue weighted by atomic mass is 10.1. The fourth-order valence-electron chi connectivity index (χ4n) is 2.52. The maximum absolute atomic E-state index is 12.7. The monoisotopic (exact) mass is 309 g/mol. The van der Waals surface area contributed by atoms with Crippen molar-refractivity contribution in [3.63, 3.8) is 0 Å². The molecule has 2 aromatic heterocycles. The first-order valence-corrected chi connectivity index (χ1v) is 7.07. The molecule has 2 heterocycles. The molecule has 1 aliphatic rings. The minimum Gasteiger partial charge on any atom is -0.340 e. The first kappa shape index (κ1) is 14.7. The standard InChI is InChI=1S/C14H17F2N5O/c1-20-6-5-17-13(20)11(8-3-4-8)18-14(22)10-7-9(12(15)16)19-21(10)2/h5-8,11-12H,3-4H2,1-2H3,(H,18,22)/t11-/m0/s1. The summed E-state index contributed by atoms with van der Waals surface area (Å²) in [5.41, 5.74) is -0.275. The zero-order valence-electron chi connectivity index (χ0n) is 12.3. The van der Waals surface area contributed by atoms with E-state index in [9.17, 15) is 13.6 Å². The minimum absolute atomic E-state index is 0.121. The summed E-state index contributed by atoms with van der Waals surface area (Å²) >= 11 is 0. The molecule has 118 valence electrons. The van der Waals surface area contributed by atoms with Gasteiger partial charge in [0.05, 0.1) is 6.04 Å². The summed E-state index contributed by atoms with van der Waals surface area (Å²) in [6, 6.07) is 0.917. The number of hydrogen-bond donors (Lipinski definition) is 1. The van der Waals surface area contributed by atoms with Gasteiger partial charge in [0, 0.05) is 26.5 Å². The van der Waals surface area contributed by atoms with E-state index < -0.39 is 18.0 Å². The van der Waals surface area contributed by atoms with Crippen molar-refractivity contribution in [3.8, 4) is 0 Å². The summed E-state index contributed by atoms with van der Waals surface area (Å²) in [5, 5.41) is 6.57. The fraction of sp³-hybridized carbons (Fsp3) is 0.500. The molecule has 0 spiro atoms. The largest absolute Gasteiger partial charge is 0.340 e. The first-order valence-electron chi connectivity index (χ1n) is 7.07. The Labute approximate surface area is 126 Å². The molecular formula is C14H17F2N5O. The quantitative estimate of drug-likeness (QED) is 0.918. The summed E-state index contributed by atoms with van der Waals surface area (Å²) in [6.07, 6.45) is 2.84. The minimum atomic E-state index is -2.69. The number of aryl methyl sites for hydroxylation is 2. The van der Waals surface area contributed by atoms with E-state index in [1.807, 2.05) is 17.8 Å². The normalized spacial score (nSPS) is 16.0. The number of amides is 1. The van der Waals surface area contributed by atoms with Gasteiger partial charge in [0.15, 0.2) is 0 Å². The van der Waals surface area contributed by atoms with Crippen LogP contribution in [0.2, 0.25) is 0 Å². The van der Waals surface area contributed by atoms with Crippen LogP contribution in [-0.2, 0) is 14.1 Å². The third-order valence-electron chi connectivity index (χ3n) is 3.87. The number of nitrogens with one attached hydrogen (secondary N) is 1. The Morgan fingerprint density at radius 1 is 1.41 bits per heavy atom. The predicted octanol–water partition coefficient (Wildman–Crippen LogP) is 1.97. The van der Waals surface area contributed by atoms with Gasteiger partial charge in [-0.15, -0.1) is 0 Å². The lowest BCUT2D eigenvalue weighted by Crippen LogP contribution is -2.32. The molecule has 0 aliphatic heterocycles. The van der Waals surface area contributed by atoms with Crippen molar-refractivity contribution in [2.24, 2.45) is 20.0 Å². The van der Waals surface area contributed by atoms with Gasteiger partial charge in [0.25, 0.3) is 12.3 Å². The first-order chi connectivity index (χ1) is 10.5. The molecule has 1 N–H and O–H groups in total. The van der Waals surface area contributed by atoms with Crippen molar-refractivity contribution >= 4 is 5.91 Å². The maximum Gasteiger partial charge on any atom is 0.282 e. The van der Waals surface area contributed by atoms with Gasteiger partial charge in [-0.1, -0.05) is 0 Å². The van der Waals surface area contributed by atoms with Gasteiger partial charge < -0.3 is 9.88 Å². The van der Waals surface area contributed by atoms with E-state index in [4.69, 9.17) is 0 Å². The molecule has 0 radical (unpaired) electrons. The van der Waals surface area contributed by atoms with Crippen LogP contribution in [0.3, 0.4) is 0 Å². The number of rotatable bonds is 5. The van der Waals surface area contributed by atoms with Gasteiger partial charge in [-0.3, -0.25) is 9.48 Å². The Bertz CT molecular complexity index is 689. The Morgan fingerprint density at radius 3 is 2.64 bits per heavy atom. The third kappa shape index (κ3) is 2.72. The molecule has 0 aromatic carbocycles. The van der Waals surface area contributed by atoms with E-state index in [1.165, 1.54) is 11.7 Å². The number of nitrogens with zero attached hydrogens (tertiary/aromatic N) is 4. The van der Waals surface area contributed by atoms with Crippen LogP contribution >= 0.6 is 0 Å². The van der Waals surface area contributed by atoms with Crippen LogP contribution in [0.25, 0.3) is 0 Å². The number of aromatic nitrogens is 4. The molecule has 1 aliphatic carbocycles. The second kappa shape index (κ2) is 5.51. The maximum atomic E-state index is 12.7. The highest BCUT2D eigenvalue weighted by Crippen LogP contribution is 2.40. The SMILES string of the molecule is Cn1ccnc1[C@@H](NC(=O)c1cc(C(F)F)nn1C)C1CC1. The van der Waals surface area contributed by atoms with Crippen molar-refractivity contribution in [2.45, 2.75) is 25.3 Å². The van der Waals surface area contributed by atoms with Crippen LogP contribution in [0, 0.1) is 5.92 Å². The zero-order valence-corrected chi connectivity index (χ0v) is 12.3. The van der Waals surface area contributed by atoms with Crippen LogP contribution in [0.5, 0.6) is 0 Å². The summed E-state index contributed by atoms with van der Waals surface area (Å²) in [5.74, 6) is 0.696. The van der Waals surface area contributed by atoms with Gasteiger partial charge in [-0.2, -0.15) is 5.10 Å². The Balaban J connectivity index is 1.81. The second-order valence-corrected chi connectivity index (χ2v) is 5.56. The van der Waals surface area contributed by atoms with Gasteiger partial charge in [-0.25, -0.2) is 13.8 Å². The van der Waals surface area contributed by atoms with E-state index in [0.717, 1.165) is 24.7 Å². The van der Waals surface area contributed by atoms with E-state index in [2.05, 4.69) is 15.4 Å². The number of hydrogen-bond acceptors (Lipinski definition) is 3. The van der Waals surface area contributed by atoms with Crippen LogP contribution in [-0.4, -0.2) is 25.2 Å². The highest BCUT2D eigenvalue weighted by Gasteiger charge is 2.36. The molecule has 1 atom stereocenters. The van der Waals surface area contributed by atoms with Crippen LogP contribution in [0.15, 0.2) is 18.5 Å². The zero-order chi connectivity index (χ0) is 15.9. The molecule has 6 nitrogen and oxygen atoms in total. The molecule has 22 heavy (non-hydrogen) atoms. The summed E-state index contributed by atoms with van der Waals surface area (Å²) in [7, 11) is 3.34. The van der Waals surface area contributed by atoms with Crippen molar-refractivity contribution in [2.75, 3.05) is 0 Å². The molecule has 2 aromatic rings. The molecule has 0 unspecified atom stereocenters. The Kier molecular flexibility index (Phi) is 3.67. The molecule has 1 saturated carbocycles. The van der Waals surface area contributed by atoms with E-state index in [1.54, 1.807) is 6.20 Å². The topological polar surface area (TPSA) is 64.7 Å². The smallest absolute Gasteiger partial charge is 0.282 e. The molecule has 0 saturated heterocycles. The molecule has 1 amide bonds. The highest BCUT2D eigenvalue weighted by molar-refractivity contribution is 5.93. The summed E-state index contributed by atoms with van der Waals surface area (Å²) in [6.45, 7) is 0. The molecule has 3 rings (SSSR count). The van der Waals surface area contributed by atoms with Crippen LogP contribution < -0.4 is 5.32 Å². The number of carbonyl (C=O) groups is 1. The average Bonchev–Trinajstić information content (AvgIpc) is 3.10. The number of halogens is 2. The third-order valence-corrected chi connectivity index (χ3v) is 3.87. The second-order valence-electron chi connectivity index (χ2n) is 5.56. The van der Waals surface area contributed by atoms with Gasteiger partial charge in [0.2, 0.25) is 0 Å². The van der Waals surface area contributed by atoms with E-state index in [0.29, 0.717) is 5.92 Å². The highest BCUT2D eigenvalue weighted by atomic mass is 19.3. The molecule has 0 bridgehead atoms. The lowest BCUT2D eigenvalue weighted by molar-refractivity contribution is 0.0919.